The molecule has 0 aliphatic rings. The van der Waals surface area contributed by atoms with Gasteiger partial charge in [-0.1, -0.05) is 13.0 Å². The Bertz CT molecular complexity index is 166. The van der Waals surface area contributed by atoms with Crippen molar-refractivity contribution in [3.05, 3.63) is 12.2 Å². The third-order valence-corrected chi connectivity index (χ3v) is 2.70. The number of aliphatic carboxylic acids is 1. The van der Waals surface area contributed by atoms with Gasteiger partial charge in [-0.3, -0.25) is 0 Å². The van der Waals surface area contributed by atoms with E-state index in [0.717, 1.165) is 6.08 Å². The van der Waals surface area contributed by atoms with Gasteiger partial charge in [-0.2, -0.15) is 11.8 Å². The van der Waals surface area contributed by atoms with Gasteiger partial charge in [0.25, 0.3) is 0 Å². The Hall–Kier alpha value is -0.480. The number of carboxylic acids is 1. The van der Waals surface area contributed by atoms with E-state index in [1.165, 1.54) is 11.8 Å². The average molecular weight is 190 g/mol. The van der Waals surface area contributed by atoms with Gasteiger partial charge >= 0.3 is 5.97 Å². The van der Waals surface area contributed by atoms with Crippen LogP contribution in [0.4, 0.5) is 0 Å². The Labute approximate surface area is 76.5 Å². The van der Waals surface area contributed by atoms with Crippen molar-refractivity contribution >= 4 is 17.7 Å². The predicted octanol–water partition coefficient (Wildman–Crippen LogP) is 1.13. The number of carbonyl (C=O) groups is 1. The molecule has 0 saturated carbocycles. The maximum absolute atomic E-state index is 10.0. The summed E-state index contributed by atoms with van der Waals surface area (Å²) in [6, 6.07) is 0. The van der Waals surface area contributed by atoms with E-state index in [0.29, 0.717) is 5.75 Å². The summed E-state index contributed by atoms with van der Waals surface area (Å²) in [5.74, 6) is -0.307. The fraction of sp³-hybridized carbons (Fsp3) is 0.625. The monoisotopic (exact) mass is 190 g/mol. The second-order valence-corrected chi connectivity index (χ2v) is 3.93. The van der Waals surface area contributed by atoms with Crippen molar-refractivity contribution in [2.45, 2.75) is 25.2 Å². The number of hydrogen-bond acceptors (Lipinski definition) is 3. The summed E-state index contributed by atoms with van der Waals surface area (Å²) in [7, 11) is 0. The zero-order valence-electron chi connectivity index (χ0n) is 7.23. The molecule has 0 aromatic rings. The zero-order valence-corrected chi connectivity index (χ0v) is 8.04. The minimum absolute atomic E-state index is 0.142. The van der Waals surface area contributed by atoms with E-state index in [1.807, 2.05) is 6.92 Å². The van der Waals surface area contributed by atoms with Crippen LogP contribution in [-0.2, 0) is 4.79 Å². The summed E-state index contributed by atoms with van der Waals surface area (Å²) in [6.45, 7) is 3.63. The van der Waals surface area contributed by atoms with Crippen LogP contribution in [0.3, 0.4) is 0 Å². The fourth-order valence-electron chi connectivity index (χ4n) is 0.496. The molecule has 4 heteroatoms. The lowest BCUT2D eigenvalue weighted by Crippen LogP contribution is -2.15. The Morgan fingerprint density at radius 3 is 2.58 bits per heavy atom. The van der Waals surface area contributed by atoms with Crippen LogP contribution in [0.15, 0.2) is 12.2 Å². The van der Waals surface area contributed by atoms with Gasteiger partial charge in [-0.15, -0.1) is 0 Å². The second kappa shape index (κ2) is 6.08. The van der Waals surface area contributed by atoms with Crippen LogP contribution in [0.5, 0.6) is 0 Å². The van der Waals surface area contributed by atoms with E-state index in [2.05, 4.69) is 0 Å². The Morgan fingerprint density at radius 2 is 2.17 bits per heavy atom. The molecule has 2 atom stereocenters. The molecule has 2 N–H and O–H groups in total. The van der Waals surface area contributed by atoms with E-state index in [4.69, 9.17) is 10.2 Å². The van der Waals surface area contributed by atoms with Crippen LogP contribution >= 0.6 is 11.8 Å². The first kappa shape index (κ1) is 11.5. The van der Waals surface area contributed by atoms with E-state index in [1.54, 1.807) is 13.0 Å². The number of carboxylic acid groups (broad SMARTS) is 1. The van der Waals surface area contributed by atoms with E-state index < -0.39 is 5.97 Å². The van der Waals surface area contributed by atoms with Gasteiger partial charge in [0.05, 0.1) is 6.10 Å². The largest absolute Gasteiger partial charge is 0.478 e. The molecule has 0 spiro atoms. The first-order chi connectivity index (χ1) is 5.54. The highest BCUT2D eigenvalue weighted by molar-refractivity contribution is 8.00. The van der Waals surface area contributed by atoms with Crippen molar-refractivity contribution in [1.82, 2.24) is 0 Å². The summed E-state index contributed by atoms with van der Waals surface area (Å²) in [6.07, 6.45) is 2.33. The molecule has 12 heavy (non-hydrogen) atoms. The molecule has 0 saturated heterocycles. The molecule has 0 aliphatic heterocycles. The summed E-state index contributed by atoms with van der Waals surface area (Å²) < 4.78 is 0. The maximum Gasteiger partial charge on any atom is 0.328 e. The molecule has 0 rings (SSSR count). The van der Waals surface area contributed by atoms with E-state index >= 15 is 0 Å². The Balaban J connectivity index is 3.49. The lowest BCUT2D eigenvalue weighted by Gasteiger charge is -2.11. The molecule has 0 aromatic carbocycles. The molecular weight excluding hydrogens is 176 g/mol. The quantitative estimate of drug-likeness (QED) is 0.638. The third-order valence-electron chi connectivity index (χ3n) is 1.40. The van der Waals surface area contributed by atoms with Crippen molar-refractivity contribution in [3.8, 4) is 0 Å². The summed E-state index contributed by atoms with van der Waals surface area (Å²) in [5, 5.41) is 17.5. The lowest BCUT2D eigenvalue weighted by atomic mass is 10.3. The normalized spacial score (nSPS) is 16.2. The molecule has 0 aliphatic carbocycles. The molecule has 70 valence electrons. The van der Waals surface area contributed by atoms with Crippen LogP contribution < -0.4 is 0 Å². The van der Waals surface area contributed by atoms with Crippen LogP contribution in [-0.4, -0.2) is 33.3 Å². The summed E-state index contributed by atoms with van der Waals surface area (Å²) in [4.78, 5) is 10.0. The van der Waals surface area contributed by atoms with Crippen molar-refractivity contribution in [2.24, 2.45) is 0 Å². The molecule has 2 unspecified atom stereocenters. The van der Waals surface area contributed by atoms with Crippen molar-refractivity contribution in [3.63, 3.8) is 0 Å². The average Bonchev–Trinajstić information content (AvgIpc) is 1.97. The lowest BCUT2D eigenvalue weighted by molar-refractivity contribution is -0.131. The fourth-order valence-corrected chi connectivity index (χ4v) is 1.28. The van der Waals surface area contributed by atoms with Gasteiger partial charge in [-0.05, 0) is 6.92 Å². The number of thioether (sulfide) groups is 1. The highest BCUT2D eigenvalue weighted by atomic mass is 32.2. The molecule has 3 nitrogen and oxygen atoms in total. The standard InChI is InChI=1S/C8H14O3S/c1-6(9)7(2)12-5-3-4-8(10)11/h3-4,6-7,9H,5H2,1-2H3,(H,10,11)/b4-3+. The topological polar surface area (TPSA) is 57.5 Å². The number of hydrogen-bond donors (Lipinski definition) is 2. The number of aliphatic hydroxyl groups is 1. The predicted molar refractivity (Wildman–Crippen MR) is 50.4 cm³/mol. The van der Waals surface area contributed by atoms with Crippen LogP contribution in [0.1, 0.15) is 13.8 Å². The smallest absolute Gasteiger partial charge is 0.328 e. The Kier molecular flexibility index (Phi) is 5.84. The minimum Gasteiger partial charge on any atom is -0.478 e. The molecule has 0 heterocycles. The highest BCUT2D eigenvalue weighted by Gasteiger charge is 2.06. The molecule has 0 amide bonds. The molecular formula is C8H14O3S. The van der Waals surface area contributed by atoms with Crippen LogP contribution in [0, 0.1) is 0 Å². The first-order valence-corrected chi connectivity index (χ1v) is 4.78. The number of rotatable bonds is 5. The summed E-state index contributed by atoms with van der Waals surface area (Å²) >= 11 is 1.53. The zero-order chi connectivity index (χ0) is 9.56. The van der Waals surface area contributed by atoms with Gasteiger partial charge < -0.3 is 10.2 Å². The number of aliphatic hydroxyl groups excluding tert-OH is 1. The SMILES string of the molecule is CC(O)C(C)SC/C=C/C(=O)O. The van der Waals surface area contributed by atoms with Crippen LogP contribution in [0.2, 0.25) is 0 Å². The van der Waals surface area contributed by atoms with E-state index in [9.17, 15) is 4.79 Å². The van der Waals surface area contributed by atoms with Crippen LogP contribution in [0.25, 0.3) is 0 Å². The van der Waals surface area contributed by atoms with Gasteiger partial charge in [0.15, 0.2) is 0 Å². The molecule has 0 radical (unpaired) electrons. The van der Waals surface area contributed by atoms with Crippen molar-refractivity contribution in [2.75, 3.05) is 5.75 Å². The second-order valence-electron chi connectivity index (χ2n) is 2.52. The highest BCUT2D eigenvalue weighted by Crippen LogP contribution is 2.13. The Morgan fingerprint density at radius 1 is 1.58 bits per heavy atom. The first-order valence-electron chi connectivity index (χ1n) is 3.73. The maximum atomic E-state index is 10.0. The van der Waals surface area contributed by atoms with Gasteiger partial charge in [0, 0.05) is 17.1 Å². The van der Waals surface area contributed by atoms with Crippen molar-refractivity contribution in [1.29, 1.82) is 0 Å². The molecule has 0 bridgehead atoms. The van der Waals surface area contributed by atoms with E-state index in [-0.39, 0.29) is 11.4 Å². The van der Waals surface area contributed by atoms with Gasteiger partial charge in [-0.25, -0.2) is 4.79 Å². The molecule has 0 fully saturated rings. The molecule has 0 aromatic heterocycles. The summed E-state index contributed by atoms with van der Waals surface area (Å²) in [5.41, 5.74) is 0. The third kappa shape index (κ3) is 6.24. The van der Waals surface area contributed by atoms with Gasteiger partial charge in [0.2, 0.25) is 0 Å². The van der Waals surface area contributed by atoms with Gasteiger partial charge in [0.1, 0.15) is 0 Å². The van der Waals surface area contributed by atoms with Crippen molar-refractivity contribution < 1.29 is 15.0 Å². The minimum atomic E-state index is -0.930.